The van der Waals surface area contributed by atoms with Crippen molar-refractivity contribution in [2.45, 2.75) is 6.61 Å². The van der Waals surface area contributed by atoms with Crippen molar-refractivity contribution in [3.63, 3.8) is 0 Å². The van der Waals surface area contributed by atoms with Crippen molar-refractivity contribution in [2.75, 3.05) is 7.11 Å². The van der Waals surface area contributed by atoms with Crippen LogP contribution in [0.2, 0.25) is 0 Å². The molecule has 0 saturated carbocycles. The molecule has 17 heavy (non-hydrogen) atoms. The Balaban J connectivity index is 2.44. The van der Waals surface area contributed by atoms with Gasteiger partial charge in [0, 0.05) is 0 Å². The summed E-state index contributed by atoms with van der Waals surface area (Å²) in [6.07, 6.45) is 0. The van der Waals surface area contributed by atoms with Gasteiger partial charge in [0.05, 0.1) is 13.7 Å². The third-order valence-corrected chi connectivity index (χ3v) is 2.64. The number of hydrogen-bond acceptors (Lipinski definition) is 2. The van der Waals surface area contributed by atoms with Gasteiger partial charge in [-0.15, -0.1) is 0 Å². The molecule has 0 saturated heterocycles. The lowest BCUT2D eigenvalue weighted by molar-refractivity contribution is 0.282. The molecule has 2 nitrogen and oxygen atoms in total. The summed E-state index contributed by atoms with van der Waals surface area (Å²) in [6.45, 7) is -0.181. The number of halogens is 1. The van der Waals surface area contributed by atoms with E-state index in [9.17, 15) is 9.50 Å². The molecule has 0 aliphatic rings. The van der Waals surface area contributed by atoms with E-state index in [-0.39, 0.29) is 12.4 Å². The first-order chi connectivity index (χ1) is 8.24. The van der Waals surface area contributed by atoms with Gasteiger partial charge in [-0.3, -0.25) is 0 Å². The molecule has 0 radical (unpaired) electrons. The van der Waals surface area contributed by atoms with Gasteiger partial charge in [-0.1, -0.05) is 18.2 Å². The third-order valence-electron chi connectivity index (χ3n) is 2.64. The van der Waals surface area contributed by atoms with E-state index in [2.05, 4.69) is 0 Å². The summed E-state index contributed by atoms with van der Waals surface area (Å²) >= 11 is 0. The second-order valence-electron chi connectivity index (χ2n) is 3.69. The summed E-state index contributed by atoms with van der Waals surface area (Å²) in [5, 5.41) is 9.21. The third kappa shape index (κ3) is 2.45. The summed E-state index contributed by atoms with van der Waals surface area (Å²) < 4.78 is 18.1. The van der Waals surface area contributed by atoms with Crippen LogP contribution in [0.3, 0.4) is 0 Å². The average Bonchev–Trinajstić information content (AvgIpc) is 2.39. The molecular formula is C14H13FO2. The van der Waals surface area contributed by atoms with E-state index in [1.165, 1.54) is 12.1 Å². The molecule has 3 heteroatoms. The van der Waals surface area contributed by atoms with E-state index in [1.807, 2.05) is 24.3 Å². The minimum atomic E-state index is -0.341. The molecule has 0 spiro atoms. The quantitative estimate of drug-likeness (QED) is 0.881. The van der Waals surface area contributed by atoms with Crippen molar-refractivity contribution >= 4 is 0 Å². The lowest BCUT2D eigenvalue weighted by Crippen LogP contribution is -1.91. The van der Waals surface area contributed by atoms with Gasteiger partial charge in [-0.2, -0.15) is 0 Å². The van der Waals surface area contributed by atoms with Gasteiger partial charge < -0.3 is 9.84 Å². The maximum absolute atomic E-state index is 13.0. The molecule has 0 aliphatic carbocycles. The second-order valence-corrected chi connectivity index (χ2v) is 3.69. The minimum absolute atomic E-state index is 0.181. The zero-order valence-corrected chi connectivity index (χ0v) is 9.48. The van der Waals surface area contributed by atoms with Gasteiger partial charge in [-0.25, -0.2) is 4.39 Å². The highest BCUT2D eigenvalue weighted by Crippen LogP contribution is 2.26. The molecule has 0 bridgehead atoms. The van der Waals surface area contributed by atoms with E-state index in [0.29, 0.717) is 5.56 Å². The van der Waals surface area contributed by atoms with Crippen LogP contribution in [0.4, 0.5) is 4.39 Å². The van der Waals surface area contributed by atoms with Crippen molar-refractivity contribution in [3.05, 3.63) is 53.8 Å². The first-order valence-electron chi connectivity index (χ1n) is 5.28. The van der Waals surface area contributed by atoms with Gasteiger partial charge in [0.2, 0.25) is 0 Å². The number of aliphatic hydroxyl groups excluding tert-OH is 1. The maximum Gasteiger partial charge on any atom is 0.123 e. The highest BCUT2D eigenvalue weighted by atomic mass is 19.1. The van der Waals surface area contributed by atoms with Crippen molar-refractivity contribution < 1.29 is 14.2 Å². The summed E-state index contributed by atoms with van der Waals surface area (Å²) in [6, 6.07) is 11.8. The fraction of sp³-hybridized carbons (Fsp3) is 0.143. The molecule has 0 atom stereocenters. The largest absolute Gasteiger partial charge is 0.497 e. The van der Waals surface area contributed by atoms with Crippen molar-refractivity contribution in [1.82, 2.24) is 0 Å². The Morgan fingerprint density at radius 3 is 2.41 bits per heavy atom. The fourth-order valence-corrected chi connectivity index (χ4v) is 1.75. The minimum Gasteiger partial charge on any atom is -0.497 e. The Bertz CT molecular complexity index is 506. The number of rotatable bonds is 3. The molecule has 0 amide bonds. The summed E-state index contributed by atoms with van der Waals surface area (Å²) in [5.74, 6) is 0.424. The SMILES string of the molecule is COc1ccc(-c2ccc(F)cc2CO)cc1. The monoisotopic (exact) mass is 232 g/mol. The van der Waals surface area contributed by atoms with Crippen LogP contribution in [0.15, 0.2) is 42.5 Å². The number of aliphatic hydroxyl groups is 1. The first-order valence-corrected chi connectivity index (χ1v) is 5.28. The second kappa shape index (κ2) is 4.97. The van der Waals surface area contributed by atoms with Crippen LogP contribution in [0.1, 0.15) is 5.56 Å². The molecular weight excluding hydrogens is 219 g/mol. The number of methoxy groups -OCH3 is 1. The maximum atomic E-state index is 13.0. The molecule has 88 valence electrons. The van der Waals surface area contributed by atoms with Gasteiger partial charge in [-0.05, 0) is 41.0 Å². The molecule has 2 aromatic carbocycles. The van der Waals surface area contributed by atoms with Gasteiger partial charge in [0.15, 0.2) is 0 Å². The number of benzene rings is 2. The van der Waals surface area contributed by atoms with Crippen LogP contribution in [-0.2, 0) is 6.61 Å². The van der Waals surface area contributed by atoms with Crippen LogP contribution in [-0.4, -0.2) is 12.2 Å². The van der Waals surface area contributed by atoms with Crippen molar-refractivity contribution in [1.29, 1.82) is 0 Å². The van der Waals surface area contributed by atoms with Crippen LogP contribution >= 0.6 is 0 Å². The molecule has 0 aliphatic heterocycles. The van der Waals surface area contributed by atoms with E-state index in [0.717, 1.165) is 16.9 Å². The Morgan fingerprint density at radius 2 is 1.82 bits per heavy atom. The highest BCUT2D eigenvalue weighted by molar-refractivity contribution is 5.67. The zero-order valence-electron chi connectivity index (χ0n) is 9.48. The molecule has 0 unspecified atom stereocenters. The smallest absolute Gasteiger partial charge is 0.123 e. The van der Waals surface area contributed by atoms with E-state index >= 15 is 0 Å². The first kappa shape index (κ1) is 11.6. The van der Waals surface area contributed by atoms with Crippen LogP contribution in [0, 0.1) is 5.82 Å². The molecule has 2 rings (SSSR count). The van der Waals surface area contributed by atoms with E-state index in [1.54, 1.807) is 13.2 Å². The number of ether oxygens (including phenoxy) is 1. The van der Waals surface area contributed by atoms with E-state index in [4.69, 9.17) is 4.74 Å². The average molecular weight is 232 g/mol. The van der Waals surface area contributed by atoms with Gasteiger partial charge in [0.1, 0.15) is 11.6 Å². The number of hydrogen-bond donors (Lipinski definition) is 1. The van der Waals surface area contributed by atoms with Crippen molar-refractivity contribution in [2.24, 2.45) is 0 Å². The Kier molecular flexibility index (Phi) is 3.40. The van der Waals surface area contributed by atoms with Crippen LogP contribution < -0.4 is 4.74 Å². The highest BCUT2D eigenvalue weighted by Gasteiger charge is 2.05. The van der Waals surface area contributed by atoms with Crippen molar-refractivity contribution in [3.8, 4) is 16.9 Å². The molecule has 1 N–H and O–H groups in total. The standard InChI is InChI=1S/C14H13FO2/c1-17-13-5-2-10(3-6-13)14-7-4-12(15)8-11(14)9-16/h2-8,16H,9H2,1H3. The summed E-state index contributed by atoms with van der Waals surface area (Å²) in [5.41, 5.74) is 2.33. The Morgan fingerprint density at radius 1 is 1.12 bits per heavy atom. The topological polar surface area (TPSA) is 29.5 Å². The predicted molar refractivity (Wildman–Crippen MR) is 64.3 cm³/mol. The lowest BCUT2D eigenvalue weighted by Gasteiger charge is -2.08. The summed E-state index contributed by atoms with van der Waals surface area (Å²) in [4.78, 5) is 0. The Labute approximate surface area is 99.3 Å². The van der Waals surface area contributed by atoms with E-state index < -0.39 is 0 Å². The zero-order chi connectivity index (χ0) is 12.3. The van der Waals surface area contributed by atoms with Crippen LogP contribution in [0.5, 0.6) is 5.75 Å². The summed E-state index contributed by atoms with van der Waals surface area (Å²) in [7, 11) is 1.60. The van der Waals surface area contributed by atoms with Gasteiger partial charge in [0.25, 0.3) is 0 Å². The van der Waals surface area contributed by atoms with Crippen LogP contribution in [0.25, 0.3) is 11.1 Å². The molecule has 0 fully saturated rings. The molecule has 0 aromatic heterocycles. The van der Waals surface area contributed by atoms with Gasteiger partial charge >= 0.3 is 0 Å². The Hall–Kier alpha value is -1.87. The predicted octanol–water partition coefficient (Wildman–Crippen LogP) is 2.99. The normalized spacial score (nSPS) is 10.3. The fourth-order valence-electron chi connectivity index (χ4n) is 1.75. The lowest BCUT2D eigenvalue weighted by atomic mass is 10.00. The molecule has 0 heterocycles. The molecule has 2 aromatic rings.